The van der Waals surface area contributed by atoms with Crippen LogP contribution < -0.4 is 16.2 Å². The quantitative estimate of drug-likeness (QED) is 0.307. The van der Waals surface area contributed by atoms with Crippen molar-refractivity contribution < 1.29 is 4.79 Å². The molecule has 4 aromatic heterocycles. The molecule has 3 N–H and O–H groups in total. The predicted octanol–water partition coefficient (Wildman–Crippen LogP) is 2.98. The van der Waals surface area contributed by atoms with E-state index < -0.39 is 0 Å². The molecule has 2 saturated heterocycles. The Morgan fingerprint density at radius 1 is 1.18 bits per heavy atom. The van der Waals surface area contributed by atoms with Gasteiger partial charge in [0.25, 0.3) is 5.56 Å². The maximum Gasteiger partial charge on any atom is 0.270 e. The summed E-state index contributed by atoms with van der Waals surface area (Å²) in [5.74, 6) is 0.971. The van der Waals surface area contributed by atoms with Crippen LogP contribution in [0.3, 0.4) is 0 Å². The van der Waals surface area contributed by atoms with Crippen LogP contribution in [0.1, 0.15) is 38.3 Å². The van der Waals surface area contributed by atoms with Crippen molar-refractivity contribution in [3.63, 3.8) is 0 Å². The highest BCUT2D eigenvalue weighted by molar-refractivity contribution is 7.99. The monoisotopic (exact) mass is 567 g/mol. The lowest BCUT2D eigenvalue weighted by atomic mass is 10.3. The molecule has 204 valence electrons. The first-order chi connectivity index (χ1) is 18.9. The van der Waals surface area contributed by atoms with Crippen LogP contribution in [-0.2, 0) is 17.8 Å². The highest BCUT2D eigenvalue weighted by atomic mass is 35.5. The van der Waals surface area contributed by atoms with E-state index in [1.165, 1.54) is 18.0 Å². The second-order valence-electron chi connectivity index (χ2n) is 10.0. The van der Waals surface area contributed by atoms with E-state index >= 15 is 0 Å². The molecule has 0 bridgehead atoms. The molecule has 4 aromatic rings. The van der Waals surface area contributed by atoms with E-state index in [1.807, 2.05) is 17.9 Å². The number of nitrogens with two attached hydrogens (primary N) is 1. The number of likely N-dealkylation sites (tertiary alicyclic amines) is 1. The van der Waals surface area contributed by atoms with E-state index in [1.54, 1.807) is 10.8 Å². The Bertz CT molecular complexity index is 1620. The fraction of sp³-hybridized carbons (Fsp3) is 0.462. The number of hydrogen-bond acceptors (Lipinski definition) is 9. The molecule has 0 saturated carbocycles. The third-order valence-corrected chi connectivity index (χ3v) is 8.59. The van der Waals surface area contributed by atoms with Gasteiger partial charge >= 0.3 is 0 Å². The number of aromatic nitrogens is 6. The molecule has 13 heteroatoms. The van der Waals surface area contributed by atoms with Gasteiger partial charge in [0, 0.05) is 62.0 Å². The van der Waals surface area contributed by atoms with Gasteiger partial charge in [-0.05, 0) is 43.5 Å². The molecule has 0 spiro atoms. The van der Waals surface area contributed by atoms with Crippen molar-refractivity contribution in [2.75, 3.05) is 31.1 Å². The number of aromatic amines is 1. The molecular formula is C26H30ClN9O2S. The number of carbonyl (C=O) groups excluding carboxylic acids is 1. The van der Waals surface area contributed by atoms with Crippen LogP contribution in [0, 0.1) is 0 Å². The predicted molar refractivity (Wildman–Crippen MR) is 151 cm³/mol. The number of amides is 1. The van der Waals surface area contributed by atoms with Gasteiger partial charge in [0.2, 0.25) is 5.91 Å². The number of nitrogens with one attached hydrogen (secondary N) is 1. The number of rotatable bonds is 8. The molecule has 1 amide bonds. The molecule has 39 heavy (non-hydrogen) atoms. The summed E-state index contributed by atoms with van der Waals surface area (Å²) in [7, 11) is 0. The number of hydrogen-bond donors (Lipinski definition) is 2. The van der Waals surface area contributed by atoms with Crippen LogP contribution in [0.5, 0.6) is 0 Å². The van der Waals surface area contributed by atoms with E-state index in [9.17, 15) is 9.59 Å². The van der Waals surface area contributed by atoms with E-state index in [0.717, 1.165) is 54.1 Å². The van der Waals surface area contributed by atoms with Crippen molar-refractivity contribution in [3.05, 3.63) is 39.5 Å². The molecule has 1 atom stereocenters. The summed E-state index contributed by atoms with van der Waals surface area (Å²) in [4.78, 5) is 51.3. The number of pyridine rings is 1. The zero-order valence-electron chi connectivity index (χ0n) is 21.7. The smallest absolute Gasteiger partial charge is 0.270 e. The molecule has 1 unspecified atom stereocenters. The highest BCUT2D eigenvalue weighted by Crippen LogP contribution is 2.37. The standard InChI is InChI=1S/C26H30ClN9O2S/c1-2-17-22(27)21-23(31-17)32-26(33-25(21)35-10-6-15(28)14-35)39-16-11-18-24(30-12-16)36(20(38)13-29-18)9-4-8-34-7-3-5-19(34)37/h11-13,15H,2-10,14,28H2,1H3,(H,31,32,33). The highest BCUT2D eigenvalue weighted by Gasteiger charge is 2.26. The van der Waals surface area contributed by atoms with Crippen molar-refractivity contribution in [1.29, 1.82) is 0 Å². The number of anilines is 1. The molecule has 0 aliphatic carbocycles. The Morgan fingerprint density at radius 3 is 2.79 bits per heavy atom. The first-order valence-corrected chi connectivity index (χ1v) is 14.5. The first-order valence-electron chi connectivity index (χ1n) is 13.3. The zero-order chi connectivity index (χ0) is 27.1. The molecule has 0 aromatic carbocycles. The summed E-state index contributed by atoms with van der Waals surface area (Å²) in [6.45, 7) is 5.46. The summed E-state index contributed by atoms with van der Waals surface area (Å²) in [6.07, 6.45) is 6.88. The van der Waals surface area contributed by atoms with Crippen LogP contribution in [0.15, 0.2) is 33.3 Å². The minimum absolute atomic E-state index is 0.0960. The van der Waals surface area contributed by atoms with Crippen LogP contribution in [0.25, 0.3) is 22.2 Å². The topological polar surface area (TPSA) is 139 Å². The first kappa shape index (κ1) is 26.0. The molecule has 6 heterocycles. The minimum atomic E-state index is -0.208. The van der Waals surface area contributed by atoms with Gasteiger partial charge < -0.3 is 20.5 Å². The summed E-state index contributed by atoms with van der Waals surface area (Å²) in [6, 6.07) is 1.99. The van der Waals surface area contributed by atoms with Crippen LogP contribution in [-0.4, -0.2) is 72.5 Å². The van der Waals surface area contributed by atoms with E-state index in [4.69, 9.17) is 27.3 Å². The molecule has 0 radical (unpaired) electrons. The van der Waals surface area contributed by atoms with Gasteiger partial charge in [-0.2, -0.15) is 0 Å². The molecule has 6 rings (SSSR count). The van der Waals surface area contributed by atoms with E-state index in [-0.39, 0.29) is 17.5 Å². The number of fused-ring (bicyclic) bond motifs is 2. The van der Waals surface area contributed by atoms with Gasteiger partial charge in [-0.3, -0.25) is 14.2 Å². The normalized spacial score (nSPS) is 17.8. The Balaban J connectivity index is 1.28. The number of carbonyl (C=O) groups is 1. The van der Waals surface area contributed by atoms with E-state index in [2.05, 4.69) is 19.9 Å². The number of nitrogens with zero attached hydrogens (tertiary/aromatic N) is 7. The summed E-state index contributed by atoms with van der Waals surface area (Å²) in [5.41, 5.74) is 8.74. The number of aryl methyl sites for hydroxylation is 2. The van der Waals surface area contributed by atoms with Crippen molar-refractivity contribution in [2.24, 2.45) is 5.73 Å². The van der Waals surface area contributed by atoms with Gasteiger partial charge in [-0.25, -0.2) is 19.9 Å². The Morgan fingerprint density at radius 2 is 2.05 bits per heavy atom. The molecular weight excluding hydrogens is 538 g/mol. The Hall–Kier alpha value is -3.22. The average Bonchev–Trinajstić information content (AvgIpc) is 3.63. The van der Waals surface area contributed by atoms with Gasteiger partial charge in [0.05, 0.1) is 16.6 Å². The van der Waals surface area contributed by atoms with Crippen molar-refractivity contribution in [2.45, 2.75) is 61.7 Å². The third-order valence-electron chi connectivity index (χ3n) is 7.35. The van der Waals surface area contributed by atoms with Crippen molar-refractivity contribution in [1.82, 2.24) is 34.4 Å². The third kappa shape index (κ3) is 5.08. The lowest BCUT2D eigenvalue weighted by Crippen LogP contribution is -2.28. The Labute approximate surface area is 234 Å². The second-order valence-corrected chi connectivity index (χ2v) is 11.4. The van der Waals surface area contributed by atoms with Crippen molar-refractivity contribution >= 4 is 57.3 Å². The number of halogens is 1. The Kier molecular flexibility index (Phi) is 7.17. The lowest BCUT2D eigenvalue weighted by molar-refractivity contribution is -0.127. The van der Waals surface area contributed by atoms with Crippen molar-refractivity contribution in [3.8, 4) is 0 Å². The maximum atomic E-state index is 12.6. The van der Waals surface area contributed by atoms with Crippen LogP contribution in [0.2, 0.25) is 5.02 Å². The zero-order valence-corrected chi connectivity index (χ0v) is 23.3. The van der Waals surface area contributed by atoms with Crippen LogP contribution in [0.4, 0.5) is 5.82 Å². The fourth-order valence-electron chi connectivity index (χ4n) is 5.33. The van der Waals surface area contributed by atoms with Gasteiger partial charge in [-0.15, -0.1) is 0 Å². The summed E-state index contributed by atoms with van der Waals surface area (Å²) in [5, 5.41) is 2.04. The largest absolute Gasteiger partial charge is 0.354 e. The van der Waals surface area contributed by atoms with Gasteiger partial charge in [0.15, 0.2) is 10.8 Å². The molecule has 11 nitrogen and oxygen atoms in total. The van der Waals surface area contributed by atoms with Crippen LogP contribution >= 0.6 is 23.4 Å². The lowest BCUT2D eigenvalue weighted by Gasteiger charge is -2.18. The van der Waals surface area contributed by atoms with E-state index in [0.29, 0.717) is 59.5 Å². The second kappa shape index (κ2) is 10.7. The fourth-order valence-corrected chi connectivity index (χ4v) is 6.45. The summed E-state index contributed by atoms with van der Waals surface area (Å²) >= 11 is 8.10. The minimum Gasteiger partial charge on any atom is -0.354 e. The molecule has 2 aliphatic rings. The average molecular weight is 568 g/mol. The maximum absolute atomic E-state index is 12.6. The molecule has 2 aliphatic heterocycles. The number of H-pyrrole nitrogens is 1. The SMILES string of the molecule is CCc1[nH]c2nc(Sc3cnc4c(c3)ncc(=O)n4CCCN3CCCC3=O)nc(N3CCC(N)C3)c2c1Cl. The van der Waals surface area contributed by atoms with Gasteiger partial charge in [0.1, 0.15) is 17.0 Å². The van der Waals surface area contributed by atoms with Gasteiger partial charge in [-0.1, -0.05) is 18.5 Å². The molecule has 2 fully saturated rings. The summed E-state index contributed by atoms with van der Waals surface area (Å²) < 4.78 is 1.63.